The summed E-state index contributed by atoms with van der Waals surface area (Å²) in [5.74, 6) is 1.09. The SMILES string of the molecule is CNC(C)CCCCSc1cc(Cl)ccc1Cl. The molecule has 0 saturated carbocycles. The van der Waals surface area contributed by atoms with Gasteiger partial charge in [-0.25, -0.2) is 0 Å². The molecule has 96 valence electrons. The van der Waals surface area contributed by atoms with Crippen molar-refractivity contribution in [1.82, 2.24) is 5.32 Å². The van der Waals surface area contributed by atoms with E-state index < -0.39 is 0 Å². The molecule has 1 nitrogen and oxygen atoms in total. The molecular weight excluding hydrogens is 273 g/mol. The predicted octanol–water partition coefficient (Wildman–Crippen LogP) is 4.86. The first kappa shape index (κ1) is 15.2. The van der Waals surface area contributed by atoms with Crippen LogP contribution in [0.25, 0.3) is 0 Å². The fraction of sp³-hybridized carbons (Fsp3) is 0.538. The smallest absolute Gasteiger partial charge is 0.0542 e. The number of thioether (sulfide) groups is 1. The Kier molecular flexibility index (Phi) is 7.36. The predicted molar refractivity (Wildman–Crippen MR) is 79.6 cm³/mol. The molecule has 0 aliphatic heterocycles. The van der Waals surface area contributed by atoms with Gasteiger partial charge in [0.05, 0.1) is 5.02 Å². The summed E-state index contributed by atoms with van der Waals surface area (Å²) in [6.07, 6.45) is 3.67. The number of nitrogens with one attached hydrogen (secondary N) is 1. The molecular formula is C13H19Cl2NS. The zero-order chi connectivity index (χ0) is 12.7. The van der Waals surface area contributed by atoms with Crippen LogP contribution in [0.15, 0.2) is 23.1 Å². The van der Waals surface area contributed by atoms with E-state index in [0.717, 1.165) is 20.7 Å². The van der Waals surface area contributed by atoms with Crippen molar-refractivity contribution in [3.63, 3.8) is 0 Å². The van der Waals surface area contributed by atoms with Gasteiger partial charge in [-0.1, -0.05) is 29.6 Å². The maximum atomic E-state index is 6.09. The van der Waals surface area contributed by atoms with Gasteiger partial charge in [0.25, 0.3) is 0 Å². The van der Waals surface area contributed by atoms with Gasteiger partial charge in [-0.05, 0) is 50.8 Å². The number of rotatable bonds is 7. The van der Waals surface area contributed by atoms with Crippen LogP contribution in [0.2, 0.25) is 10.0 Å². The maximum Gasteiger partial charge on any atom is 0.0542 e. The van der Waals surface area contributed by atoms with Crippen molar-refractivity contribution in [1.29, 1.82) is 0 Å². The van der Waals surface area contributed by atoms with E-state index in [4.69, 9.17) is 23.2 Å². The van der Waals surface area contributed by atoms with Crippen LogP contribution in [0.3, 0.4) is 0 Å². The summed E-state index contributed by atoms with van der Waals surface area (Å²) in [5, 5.41) is 4.79. The fourth-order valence-electron chi connectivity index (χ4n) is 1.47. The summed E-state index contributed by atoms with van der Waals surface area (Å²) in [5.41, 5.74) is 0. The molecule has 17 heavy (non-hydrogen) atoms. The van der Waals surface area contributed by atoms with Gasteiger partial charge in [0.1, 0.15) is 0 Å². The zero-order valence-electron chi connectivity index (χ0n) is 10.3. The van der Waals surface area contributed by atoms with Crippen LogP contribution in [0.4, 0.5) is 0 Å². The molecule has 4 heteroatoms. The summed E-state index contributed by atoms with van der Waals surface area (Å²) in [4.78, 5) is 1.08. The maximum absolute atomic E-state index is 6.09. The molecule has 1 aromatic carbocycles. The van der Waals surface area contributed by atoms with Crippen molar-refractivity contribution >= 4 is 35.0 Å². The molecule has 1 N–H and O–H groups in total. The van der Waals surface area contributed by atoms with E-state index in [2.05, 4.69) is 12.2 Å². The Hall–Kier alpha value is 0.110. The first-order valence-electron chi connectivity index (χ1n) is 5.88. The second-order valence-corrected chi connectivity index (χ2v) is 6.09. The molecule has 0 radical (unpaired) electrons. The minimum absolute atomic E-state index is 0.606. The summed E-state index contributed by atoms with van der Waals surface area (Å²) in [7, 11) is 2.01. The van der Waals surface area contributed by atoms with E-state index >= 15 is 0 Å². The monoisotopic (exact) mass is 291 g/mol. The molecule has 0 aromatic heterocycles. The Morgan fingerprint density at radius 2 is 2.06 bits per heavy atom. The largest absolute Gasteiger partial charge is 0.317 e. The lowest BCUT2D eigenvalue weighted by molar-refractivity contribution is 0.539. The van der Waals surface area contributed by atoms with Gasteiger partial charge in [0, 0.05) is 16.0 Å². The number of benzene rings is 1. The molecule has 0 amide bonds. The highest BCUT2D eigenvalue weighted by Gasteiger charge is 2.02. The van der Waals surface area contributed by atoms with Gasteiger partial charge < -0.3 is 5.32 Å². The highest BCUT2D eigenvalue weighted by Crippen LogP contribution is 2.30. The Bertz CT molecular complexity index is 344. The van der Waals surface area contributed by atoms with Crippen molar-refractivity contribution in [2.24, 2.45) is 0 Å². The van der Waals surface area contributed by atoms with Gasteiger partial charge in [0.2, 0.25) is 0 Å². The number of hydrogen-bond donors (Lipinski definition) is 1. The van der Waals surface area contributed by atoms with Crippen LogP contribution in [-0.4, -0.2) is 18.8 Å². The minimum atomic E-state index is 0.606. The van der Waals surface area contributed by atoms with Gasteiger partial charge in [-0.3, -0.25) is 0 Å². The molecule has 1 rings (SSSR count). The van der Waals surface area contributed by atoms with E-state index in [-0.39, 0.29) is 0 Å². The van der Waals surface area contributed by atoms with Crippen LogP contribution in [0.5, 0.6) is 0 Å². The van der Waals surface area contributed by atoms with Crippen LogP contribution in [-0.2, 0) is 0 Å². The summed E-state index contributed by atoms with van der Waals surface area (Å²) >= 11 is 13.8. The second kappa shape index (κ2) is 8.25. The molecule has 0 fully saturated rings. The number of unbranched alkanes of at least 4 members (excludes halogenated alkanes) is 1. The Morgan fingerprint density at radius 1 is 1.29 bits per heavy atom. The highest BCUT2D eigenvalue weighted by molar-refractivity contribution is 7.99. The molecule has 1 atom stereocenters. The van der Waals surface area contributed by atoms with E-state index in [9.17, 15) is 0 Å². The number of hydrogen-bond acceptors (Lipinski definition) is 2. The first-order valence-corrected chi connectivity index (χ1v) is 7.62. The van der Waals surface area contributed by atoms with Crippen LogP contribution in [0.1, 0.15) is 26.2 Å². The molecule has 0 bridgehead atoms. The van der Waals surface area contributed by atoms with E-state index in [1.807, 2.05) is 25.2 Å². The lowest BCUT2D eigenvalue weighted by Gasteiger charge is -2.09. The van der Waals surface area contributed by atoms with Crippen molar-refractivity contribution in [2.75, 3.05) is 12.8 Å². The Balaban J connectivity index is 2.24. The van der Waals surface area contributed by atoms with Crippen LogP contribution >= 0.6 is 35.0 Å². The van der Waals surface area contributed by atoms with Crippen molar-refractivity contribution in [3.8, 4) is 0 Å². The molecule has 1 unspecified atom stereocenters. The van der Waals surface area contributed by atoms with Crippen LogP contribution in [0, 0.1) is 0 Å². The standard InChI is InChI=1S/C13H19Cl2NS/c1-10(16-2)5-3-4-8-17-13-9-11(14)6-7-12(13)15/h6-7,9-10,16H,3-5,8H2,1-2H3. The van der Waals surface area contributed by atoms with Gasteiger partial charge >= 0.3 is 0 Å². The van der Waals surface area contributed by atoms with Crippen molar-refractivity contribution < 1.29 is 0 Å². The molecule has 0 spiro atoms. The topological polar surface area (TPSA) is 12.0 Å². The van der Waals surface area contributed by atoms with E-state index in [1.165, 1.54) is 19.3 Å². The zero-order valence-corrected chi connectivity index (χ0v) is 12.6. The Morgan fingerprint density at radius 3 is 2.76 bits per heavy atom. The van der Waals surface area contributed by atoms with Gasteiger partial charge in [-0.2, -0.15) is 0 Å². The molecule has 0 heterocycles. The van der Waals surface area contributed by atoms with Gasteiger partial charge in [0.15, 0.2) is 0 Å². The third-order valence-corrected chi connectivity index (χ3v) is 4.49. The molecule has 0 aliphatic rings. The highest BCUT2D eigenvalue weighted by atomic mass is 35.5. The van der Waals surface area contributed by atoms with Crippen molar-refractivity contribution in [3.05, 3.63) is 28.2 Å². The average molecular weight is 292 g/mol. The van der Waals surface area contributed by atoms with E-state index in [1.54, 1.807) is 11.8 Å². The average Bonchev–Trinajstić information content (AvgIpc) is 2.32. The molecule has 1 aromatic rings. The first-order chi connectivity index (χ1) is 8.13. The molecule has 0 aliphatic carbocycles. The summed E-state index contributed by atoms with van der Waals surface area (Å²) < 4.78 is 0. The summed E-state index contributed by atoms with van der Waals surface area (Å²) in [6.45, 7) is 2.21. The summed E-state index contributed by atoms with van der Waals surface area (Å²) in [6, 6.07) is 6.22. The lowest BCUT2D eigenvalue weighted by Crippen LogP contribution is -2.20. The fourth-order valence-corrected chi connectivity index (χ4v) is 2.97. The third-order valence-electron chi connectivity index (χ3n) is 2.68. The minimum Gasteiger partial charge on any atom is -0.317 e. The van der Waals surface area contributed by atoms with Crippen LogP contribution < -0.4 is 5.32 Å². The quantitative estimate of drug-likeness (QED) is 0.568. The van der Waals surface area contributed by atoms with E-state index in [0.29, 0.717) is 6.04 Å². The number of halogens is 2. The molecule has 0 saturated heterocycles. The Labute approximate surface area is 118 Å². The van der Waals surface area contributed by atoms with Crippen molar-refractivity contribution in [2.45, 2.75) is 37.1 Å². The van der Waals surface area contributed by atoms with Gasteiger partial charge in [-0.15, -0.1) is 11.8 Å². The third kappa shape index (κ3) is 6.01. The normalized spacial score (nSPS) is 12.7. The second-order valence-electron chi connectivity index (χ2n) is 4.11. The lowest BCUT2D eigenvalue weighted by atomic mass is 10.1.